The van der Waals surface area contributed by atoms with Gasteiger partial charge in [-0.25, -0.2) is 0 Å². The highest BCUT2D eigenvalue weighted by Gasteiger charge is 2.20. The standard InChI is InChI=1S/C11H19BrN2O/c1-4-10(12)11(15)14(7-5-6-13)8-9(2)3/h9-10H,4-5,7-8H2,1-3H3. The molecule has 3 nitrogen and oxygen atoms in total. The normalized spacial score (nSPS) is 12.3. The number of nitriles is 1. The van der Waals surface area contributed by atoms with Crippen LogP contribution in [0.15, 0.2) is 0 Å². The summed E-state index contributed by atoms with van der Waals surface area (Å²) in [5, 5.41) is 8.53. The van der Waals surface area contributed by atoms with Crippen molar-refractivity contribution in [3.63, 3.8) is 0 Å². The zero-order valence-electron chi connectivity index (χ0n) is 9.66. The largest absolute Gasteiger partial charge is 0.340 e. The number of carbonyl (C=O) groups is 1. The van der Waals surface area contributed by atoms with Crippen molar-refractivity contribution in [1.29, 1.82) is 5.26 Å². The van der Waals surface area contributed by atoms with Gasteiger partial charge in [0.1, 0.15) is 0 Å². The number of hydrogen-bond donors (Lipinski definition) is 0. The molecule has 0 aliphatic carbocycles. The molecule has 0 saturated heterocycles. The molecule has 1 unspecified atom stereocenters. The van der Waals surface area contributed by atoms with E-state index in [1.807, 2.05) is 6.92 Å². The van der Waals surface area contributed by atoms with E-state index in [0.29, 0.717) is 18.9 Å². The van der Waals surface area contributed by atoms with Crippen molar-refractivity contribution in [2.75, 3.05) is 13.1 Å². The predicted octanol–water partition coefficient (Wildman–Crippen LogP) is 2.56. The molecule has 0 heterocycles. The molecule has 0 radical (unpaired) electrons. The zero-order valence-corrected chi connectivity index (χ0v) is 11.2. The third-order valence-electron chi connectivity index (χ3n) is 2.02. The molecule has 86 valence electrons. The Bertz CT molecular complexity index is 235. The summed E-state index contributed by atoms with van der Waals surface area (Å²) in [4.78, 5) is 13.5. The maximum Gasteiger partial charge on any atom is 0.236 e. The summed E-state index contributed by atoms with van der Waals surface area (Å²) in [5.74, 6) is 0.533. The maximum atomic E-state index is 11.9. The van der Waals surface area contributed by atoms with Crippen LogP contribution in [0.1, 0.15) is 33.6 Å². The van der Waals surface area contributed by atoms with Crippen LogP contribution in [0.5, 0.6) is 0 Å². The summed E-state index contributed by atoms with van der Waals surface area (Å²) in [5.41, 5.74) is 0. The van der Waals surface area contributed by atoms with Gasteiger partial charge in [-0.15, -0.1) is 0 Å². The molecule has 0 aromatic heterocycles. The molecule has 0 aliphatic rings. The van der Waals surface area contributed by atoms with Gasteiger partial charge in [0.25, 0.3) is 0 Å². The van der Waals surface area contributed by atoms with Crippen LogP contribution in [0.2, 0.25) is 0 Å². The number of hydrogen-bond acceptors (Lipinski definition) is 2. The first-order valence-electron chi connectivity index (χ1n) is 5.32. The molecule has 0 N–H and O–H groups in total. The zero-order chi connectivity index (χ0) is 11.8. The SMILES string of the molecule is CCC(Br)C(=O)N(CCC#N)CC(C)C. The van der Waals surface area contributed by atoms with Crippen LogP contribution in [-0.2, 0) is 4.79 Å². The summed E-state index contributed by atoms with van der Waals surface area (Å²) in [6.45, 7) is 7.37. The van der Waals surface area contributed by atoms with Crippen LogP contribution in [-0.4, -0.2) is 28.7 Å². The highest BCUT2D eigenvalue weighted by atomic mass is 79.9. The fourth-order valence-electron chi connectivity index (χ4n) is 1.29. The Labute approximate surface area is 101 Å². The molecular weight excluding hydrogens is 256 g/mol. The lowest BCUT2D eigenvalue weighted by molar-refractivity contribution is -0.131. The number of alkyl halides is 1. The Kier molecular flexibility index (Phi) is 7.41. The molecule has 0 rings (SSSR count). The Balaban J connectivity index is 4.34. The van der Waals surface area contributed by atoms with Gasteiger partial charge >= 0.3 is 0 Å². The van der Waals surface area contributed by atoms with Crippen LogP contribution >= 0.6 is 15.9 Å². The third kappa shape index (κ3) is 5.78. The second-order valence-electron chi connectivity index (χ2n) is 3.96. The fraction of sp³-hybridized carbons (Fsp3) is 0.818. The molecule has 0 spiro atoms. The van der Waals surface area contributed by atoms with E-state index in [1.165, 1.54) is 0 Å². The molecule has 0 aliphatic heterocycles. The molecule has 0 saturated carbocycles. The minimum absolute atomic E-state index is 0.0986. The average molecular weight is 275 g/mol. The predicted molar refractivity (Wildman–Crippen MR) is 64.7 cm³/mol. The van der Waals surface area contributed by atoms with E-state index in [0.717, 1.165) is 13.0 Å². The molecule has 0 fully saturated rings. The first-order chi connectivity index (χ1) is 7.02. The molecule has 4 heteroatoms. The maximum absolute atomic E-state index is 11.9. The molecule has 1 atom stereocenters. The summed E-state index contributed by atoms with van der Waals surface area (Å²) >= 11 is 3.35. The molecule has 0 bridgehead atoms. The highest BCUT2D eigenvalue weighted by molar-refractivity contribution is 9.10. The summed E-state index contributed by atoms with van der Waals surface area (Å²) in [6, 6.07) is 2.07. The lowest BCUT2D eigenvalue weighted by atomic mass is 10.2. The Morgan fingerprint density at radius 1 is 1.53 bits per heavy atom. The second kappa shape index (κ2) is 7.70. The third-order valence-corrected chi connectivity index (χ3v) is 3.06. The lowest BCUT2D eigenvalue weighted by Gasteiger charge is -2.25. The van der Waals surface area contributed by atoms with E-state index >= 15 is 0 Å². The van der Waals surface area contributed by atoms with Gasteiger partial charge in [-0.1, -0.05) is 36.7 Å². The Hall–Kier alpha value is -0.560. The van der Waals surface area contributed by atoms with Crippen LogP contribution < -0.4 is 0 Å². The average Bonchev–Trinajstić information content (AvgIpc) is 2.21. The summed E-state index contributed by atoms with van der Waals surface area (Å²) < 4.78 is 0. The minimum atomic E-state index is -0.116. The topological polar surface area (TPSA) is 44.1 Å². The van der Waals surface area contributed by atoms with Gasteiger partial charge in [0.15, 0.2) is 0 Å². The number of carbonyl (C=O) groups excluding carboxylic acids is 1. The monoisotopic (exact) mass is 274 g/mol. The molecule has 1 amide bonds. The summed E-state index contributed by atoms with van der Waals surface area (Å²) in [7, 11) is 0. The van der Waals surface area contributed by atoms with E-state index < -0.39 is 0 Å². The van der Waals surface area contributed by atoms with E-state index in [-0.39, 0.29) is 10.7 Å². The van der Waals surface area contributed by atoms with Gasteiger partial charge in [-0.3, -0.25) is 4.79 Å². The van der Waals surface area contributed by atoms with E-state index in [9.17, 15) is 4.79 Å². The van der Waals surface area contributed by atoms with Crippen molar-refractivity contribution in [3.8, 4) is 6.07 Å². The van der Waals surface area contributed by atoms with Crippen LogP contribution in [0, 0.1) is 17.2 Å². The van der Waals surface area contributed by atoms with Crippen molar-refractivity contribution in [1.82, 2.24) is 4.90 Å². The lowest BCUT2D eigenvalue weighted by Crippen LogP contribution is -2.39. The van der Waals surface area contributed by atoms with Gasteiger partial charge < -0.3 is 4.90 Å². The van der Waals surface area contributed by atoms with Crippen LogP contribution in [0.4, 0.5) is 0 Å². The van der Waals surface area contributed by atoms with Crippen LogP contribution in [0.25, 0.3) is 0 Å². The highest BCUT2D eigenvalue weighted by Crippen LogP contribution is 2.11. The van der Waals surface area contributed by atoms with E-state index in [1.54, 1.807) is 4.90 Å². The van der Waals surface area contributed by atoms with Gasteiger partial charge in [-0.2, -0.15) is 5.26 Å². The van der Waals surface area contributed by atoms with Gasteiger partial charge in [0.2, 0.25) is 5.91 Å². The number of rotatable bonds is 6. The number of halogens is 1. The van der Waals surface area contributed by atoms with Crippen LogP contribution in [0.3, 0.4) is 0 Å². The van der Waals surface area contributed by atoms with Crippen molar-refractivity contribution in [2.45, 2.75) is 38.4 Å². The number of amides is 1. The van der Waals surface area contributed by atoms with Gasteiger partial charge in [0.05, 0.1) is 17.3 Å². The molecule has 0 aromatic carbocycles. The minimum Gasteiger partial charge on any atom is -0.340 e. The summed E-state index contributed by atoms with van der Waals surface area (Å²) in [6.07, 6.45) is 1.18. The second-order valence-corrected chi connectivity index (χ2v) is 5.07. The Morgan fingerprint density at radius 3 is 2.53 bits per heavy atom. The first-order valence-corrected chi connectivity index (χ1v) is 6.24. The van der Waals surface area contributed by atoms with Crippen molar-refractivity contribution >= 4 is 21.8 Å². The van der Waals surface area contributed by atoms with Gasteiger partial charge in [0, 0.05) is 13.1 Å². The Morgan fingerprint density at radius 2 is 2.13 bits per heavy atom. The number of nitrogens with zero attached hydrogens (tertiary/aromatic N) is 2. The smallest absolute Gasteiger partial charge is 0.236 e. The molecule has 15 heavy (non-hydrogen) atoms. The van der Waals surface area contributed by atoms with Crippen molar-refractivity contribution in [2.24, 2.45) is 5.92 Å². The van der Waals surface area contributed by atoms with E-state index in [2.05, 4.69) is 35.8 Å². The molecular formula is C11H19BrN2O. The fourth-order valence-corrected chi connectivity index (χ4v) is 1.58. The van der Waals surface area contributed by atoms with Crippen molar-refractivity contribution < 1.29 is 4.79 Å². The molecule has 0 aromatic rings. The quantitative estimate of drug-likeness (QED) is 0.699. The van der Waals surface area contributed by atoms with Crippen molar-refractivity contribution in [3.05, 3.63) is 0 Å². The van der Waals surface area contributed by atoms with E-state index in [4.69, 9.17) is 5.26 Å². The first kappa shape index (κ1) is 14.4. The van der Waals surface area contributed by atoms with Gasteiger partial charge in [-0.05, 0) is 12.3 Å².